The summed E-state index contributed by atoms with van der Waals surface area (Å²) < 4.78 is 4.83. The molecule has 0 heterocycles. The molecule has 1 rings (SSSR count). The van der Waals surface area contributed by atoms with Gasteiger partial charge in [-0.3, -0.25) is 9.59 Å². The van der Waals surface area contributed by atoms with Crippen molar-refractivity contribution in [3.8, 4) is 5.75 Å². The lowest BCUT2D eigenvalue weighted by molar-refractivity contribution is -0.131. The lowest BCUT2D eigenvalue weighted by Gasteiger charge is -2.08. The van der Waals surface area contributed by atoms with Crippen LogP contribution in [0, 0.1) is 0 Å². The number of hydrogen-bond acceptors (Lipinski definition) is 4. The normalized spacial score (nSPS) is 9.69. The number of nitrogens with one attached hydrogen (secondary N) is 1. The molecule has 0 radical (unpaired) electrons. The number of halogens is 1. The van der Waals surface area contributed by atoms with Crippen LogP contribution in [0.3, 0.4) is 0 Å². The largest absolute Gasteiger partial charge is 0.426 e. The minimum atomic E-state index is -0.555. The number of carbonyl (C=O) groups excluding carboxylic acids is 2. The molecule has 1 aromatic rings. The fourth-order valence-corrected chi connectivity index (χ4v) is 1.25. The van der Waals surface area contributed by atoms with Gasteiger partial charge in [0.05, 0.1) is 5.56 Å². The third-order valence-electron chi connectivity index (χ3n) is 1.68. The van der Waals surface area contributed by atoms with Gasteiger partial charge in [0, 0.05) is 18.0 Å². The Bertz CT molecular complexity index is 419. The Morgan fingerprint density at radius 1 is 1.50 bits per heavy atom. The van der Waals surface area contributed by atoms with Crippen LogP contribution in [0.4, 0.5) is 0 Å². The van der Waals surface area contributed by atoms with E-state index < -0.39 is 18.6 Å². The van der Waals surface area contributed by atoms with Crippen LogP contribution in [0.25, 0.3) is 0 Å². The van der Waals surface area contributed by atoms with Gasteiger partial charge in [0.2, 0.25) is 0 Å². The number of hydrogen-bond donors (Lipinski definition) is 2. The van der Waals surface area contributed by atoms with Crippen molar-refractivity contribution in [1.82, 2.24) is 5.32 Å². The maximum atomic E-state index is 11.5. The van der Waals surface area contributed by atoms with E-state index in [4.69, 9.17) is 21.4 Å². The molecule has 0 aliphatic carbocycles. The lowest BCUT2D eigenvalue weighted by atomic mass is 10.2. The molecule has 1 amide bonds. The van der Waals surface area contributed by atoms with Gasteiger partial charge in [-0.05, 0) is 12.1 Å². The molecule has 2 N–H and O–H groups in total. The number of rotatable bonds is 3. The molecule has 6 heteroatoms. The Balaban J connectivity index is 3.06. The second-order valence-electron chi connectivity index (χ2n) is 2.90. The van der Waals surface area contributed by atoms with Gasteiger partial charge in [-0.1, -0.05) is 11.6 Å². The Morgan fingerprint density at radius 3 is 2.75 bits per heavy atom. The highest BCUT2D eigenvalue weighted by atomic mass is 35.5. The highest BCUT2D eigenvalue weighted by Gasteiger charge is 2.13. The SMILES string of the molecule is CC(=O)Oc1cc(Cl)ccc1C(=O)NCO. The number of esters is 1. The second kappa shape index (κ2) is 5.48. The molecule has 5 nitrogen and oxygen atoms in total. The predicted octanol–water partition coefficient (Wildman–Crippen LogP) is 0.945. The standard InChI is InChI=1S/C10H10ClNO4/c1-6(14)16-9-4-7(11)2-3-8(9)10(15)12-5-13/h2-4,13H,5H2,1H3,(H,12,15). The van der Waals surface area contributed by atoms with Crippen molar-refractivity contribution in [2.24, 2.45) is 0 Å². The van der Waals surface area contributed by atoms with E-state index in [0.717, 1.165) is 0 Å². The predicted molar refractivity (Wildman–Crippen MR) is 57.3 cm³/mol. The first-order valence-corrected chi connectivity index (χ1v) is 4.79. The van der Waals surface area contributed by atoms with Crippen LogP contribution in [-0.4, -0.2) is 23.7 Å². The van der Waals surface area contributed by atoms with E-state index in [2.05, 4.69) is 5.32 Å². The Morgan fingerprint density at radius 2 is 2.19 bits per heavy atom. The minimum Gasteiger partial charge on any atom is -0.426 e. The number of benzene rings is 1. The van der Waals surface area contributed by atoms with Gasteiger partial charge in [0.1, 0.15) is 12.5 Å². The van der Waals surface area contributed by atoms with Gasteiger partial charge in [-0.2, -0.15) is 0 Å². The van der Waals surface area contributed by atoms with Gasteiger partial charge in [-0.25, -0.2) is 0 Å². The lowest BCUT2D eigenvalue weighted by Crippen LogP contribution is -2.24. The summed E-state index contributed by atoms with van der Waals surface area (Å²) in [5, 5.41) is 11.1. The summed E-state index contributed by atoms with van der Waals surface area (Å²) in [4.78, 5) is 22.3. The van der Waals surface area contributed by atoms with Gasteiger partial charge in [-0.15, -0.1) is 0 Å². The van der Waals surface area contributed by atoms with Crippen molar-refractivity contribution in [2.45, 2.75) is 6.92 Å². The van der Waals surface area contributed by atoms with E-state index >= 15 is 0 Å². The summed E-state index contributed by atoms with van der Waals surface area (Å²) in [6.45, 7) is 0.718. The Hall–Kier alpha value is -1.59. The molecule has 0 atom stereocenters. The van der Waals surface area contributed by atoms with Crippen LogP contribution in [-0.2, 0) is 4.79 Å². The third-order valence-corrected chi connectivity index (χ3v) is 1.92. The molecule has 0 spiro atoms. The van der Waals surface area contributed by atoms with E-state index in [0.29, 0.717) is 5.02 Å². The molecule has 0 fully saturated rings. The van der Waals surface area contributed by atoms with Crippen LogP contribution in [0.1, 0.15) is 17.3 Å². The summed E-state index contributed by atoms with van der Waals surface area (Å²) in [5.74, 6) is -1.04. The molecule has 16 heavy (non-hydrogen) atoms. The van der Waals surface area contributed by atoms with Crippen LogP contribution in [0.2, 0.25) is 5.02 Å². The molecule has 0 unspecified atom stereocenters. The molecule has 0 bridgehead atoms. The van der Waals surface area contributed by atoms with Crippen molar-refractivity contribution in [3.63, 3.8) is 0 Å². The topological polar surface area (TPSA) is 75.6 Å². The molecule has 86 valence electrons. The minimum absolute atomic E-state index is 0.0611. The number of aliphatic hydroxyl groups is 1. The van der Waals surface area contributed by atoms with Gasteiger partial charge in [0.25, 0.3) is 5.91 Å². The third kappa shape index (κ3) is 3.22. The summed E-state index contributed by atoms with van der Waals surface area (Å²) in [5.41, 5.74) is 0.133. The highest BCUT2D eigenvalue weighted by Crippen LogP contribution is 2.23. The molecule has 0 aliphatic rings. The van der Waals surface area contributed by atoms with Crippen molar-refractivity contribution in [3.05, 3.63) is 28.8 Å². The second-order valence-corrected chi connectivity index (χ2v) is 3.33. The van der Waals surface area contributed by atoms with Crippen LogP contribution in [0.5, 0.6) is 5.75 Å². The molecular weight excluding hydrogens is 234 g/mol. The van der Waals surface area contributed by atoms with Crippen molar-refractivity contribution in [2.75, 3.05) is 6.73 Å². The fourth-order valence-electron chi connectivity index (χ4n) is 1.09. The summed E-state index contributed by atoms with van der Waals surface area (Å²) in [6, 6.07) is 4.25. The molecular formula is C10H10ClNO4. The Labute approximate surface area is 97.0 Å². The van der Waals surface area contributed by atoms with Crippen molar-refractivity contribution >= 4 is 23.5 Å². The molecule has 0 aromatic heterocycles. The maximum Gasteiger partial charge on any atom is 0.308 e. The summed E-state index contributed by atoms with van der Waals surface area (Å²) in [7, 11) is 0. The average Bonchev–Trinajstić information content (AvgIpc) is 2.16. The van der Waals surface area contributed by atoms with Crippen LogP contribution in [0.15, 0.2) is 18.2 Å². The zero-order valence-electron chi connectivity index (χ0n) is 8.49. The zero-order chi connectivity index (χ0) is 12.1. The first kappa shape index (κ1) is 12.5. The smallest absolute Gasteiger partial charge is 0.308 e. The highest BCUT2D eigenvalue weighted by molar-refractivity contribution is 6.30. The number of carbonyl (C=O) groups is 2. The van der Waals surface area contributed by atoms with Crippen molar-refractivity contribution < 1.29 is 19.4 Å². The molecule has 1 aromatic carbocycles. The number of aliphatic hydroxyl groups excluding tert-OH is 1. The summed E-state index contributed by atoms with van der Waals surface area (Å²) >= 11 is 5.71. The number of ether oxygens (including phenoxy) is 1. The quantitative estimate of drug-likeness (QED) is 0.471. The van der Waals surface area contributed by atoms with Gasteiger partial charge in [0.15, 0.2) is 0 Å². The first-order chi connectivity index (χ1) is 7.54. The van der Waals surface area contributed by atoms with Gasteiger partial charge < -0.3 is 15.2 Å². The van der Waals surface area contributed by atoms with E-state index in [-0.39, 0.29) is 11.3 Å². The van der Waals surface area contributed by atoms with E-state index in [1.165, 1.54) is 25.1 Å². The monoisotopic (exact) mass is 243 g/mol. The van der Waals surface area contributed by atoms with Gasteiger partial charge >= 0.3 is 5.97 Å². The molecule has 0 aliphatic heterocycles. The van der Waals surface area contributed by atoms with Crippen molar-refractivity contribution in [1.29, 1.82) is 0 Å². The van der Waals surface area contributed by atoms with E-state index in [1.54, 1.807) is 0 Å². The van der Waals surface area contributed by atoms with E-state index in [1.807, 2.05) is 0 Å². The zero-order valence-corrected chi connectivity index (χ0v) is 9.25. The maximum absolute atomic E-state index is 11.5. The number of amides is 1. The average molecular weight is 244 g/mol. The van der Waals surface area contributed by atoms with Crippen LogP contribution >= 0.6 is 11.6 Å². The fraction of sp³-hybridized carbons (Fsp3) is 0.200. The Kier molecular flexibility index (Phi) is 4.28. The van der Waals surface area contributed by atoms with E-state index in [9.17, 15) is 9.59 Å². The van der Waals surface area contributed by atoms with Crippen LogP contribution < -0.4 is 10.1 Å². The molecule has 0 saturated heterocycles. The molecule has 0 saturated carbocycles. The first-order valence-electron chi connectivity index (χ1n) is 4.41. The summed E-state index contributed by atoms with van der Waals surface area (Å²) in [6.07, 6.45) is 0.